The molecule has 0 aromatic heterocycles. The van der Waals surface area contributed by atoms with Gasteiger partial charge in [-0.2, -0.15) is 5.26 Å². The summed E-state index contributed by atoms with van der Waals surface area (Å²) in [5.41, 5.74) is 0.209. The second-order valence-corrected chi connectivity index (χ2v) is 2.77. The van der Waals surface area contributed by atoms with Crippen LogP contribution in [0, 0.1) is 17.4 Å². The molecule has 1 aliphatic heterocycles. The Morgan fingerprint density at radius 1 is 1.47 bits per heavy atom. The lowest BCUT2D eigenvalue weighted by molar-refractivity contribution is -0.201. The van der Waals surface area contributed by atoms with Gasteiger partial charge in [0.2, 0.25) is 0 Å². The Balaban J connectivity index is 2.28. The van der Waals surface area contributed by atoms with Crippen LogP contribution in [0.4, 0.5) is 13.2 Å². The summed E-state index contributed by atoms with van der Waals surface area (Å²) < 4.78 is 36.4. The van der Waals surface area contributed by atoms with Crippen molar-refractivity contribution >= 4 is 5.84 Å². The topological polar surface area (TPSA) is 39.2 Å². The minimum atomic E-state index is -4.52. The summed E-state index contributed by atoms with van der Waals surface area (Å²) in [6.07, 6.45) is -4.52. The molecule has 2 rings (SSSR count). The van der Waals surface area contributed by atoms with Gasteiger partial charge in [-0.15, -0.1) is 23.3 Å². The Morgan fingerprint density at radius 2 is 2.20 bits per heavy atom. The van der Waals surface area contributed by atoms with Gasteiger partial charge in [0, 0.05) is 11.6 Å². The quantitative estimate of drug-likeness (QED) is 0.663. The van der Waals surface area contributed by atoms with Crippen LogP contribution in [0.15, 0.2) is 23.3 Å². The van der Waals surface area contributed by atoms with E-state index in [9.17, 15) is 13.2 Å². The molecule has 15 heavy (non-hydrogen) atoms. The van der Waals surface area contributed by atoms with Gasteiger partial charge in [0.1, 0.15) is 6.07 Å². The smallest absolute Gasteiger partial charge is 0.192 e. The van der Waals surface area contributed by atoms with E-state index in [0.29, 0.717) is 0 Å². The Kier molecular flexibility index (Phi) is 1.89. The number of hydrazone groups is 1. The van der Waals surface area contributed by atoms with Gasteiger partial charge in [-0.05, 0) is 6.07 Å². The molecule has 1 aromatic rings. The lowest BCUT2D eigenvalue weighted by Gasteiger charge is -2.06. The summed E-state index contributed by atoms with van der Waals surface area (Å²) in [5.74, 6) is -0.240. The largest absolute Gasteiger partial charge is 0.506 e. The molecule has 1 radical (unpaired) electrons. The van der Waals surface area contributed by atoms with Crippen LogP contribution in [0.25, 0.3) is 0 Å². The highest BCUT2D eigenvalue weighted by Gasteiger charge is 2.49. The second-order valence-electron chi connectivity index (χ2n) is 2.77. The van der Waals surface area contributed by atoms with Crippen molar-refractivity contribution < 1.29 is 13.2 Å². The van der Waals surface area contributed by atoms with Gasteiger partial charge in [0.15, 0.2) is 5.84 Å². The van der Waals surface area contributed by atoms with Gasteiger partial charge in [-0.25, -0.2) is 0 Å². The maximum absolute atomic E-state index is 12.1. The van der Waals surface area contributed by atoms with Crippen molar-refractivity contribution in [3.63, 3.8) is 0 Å². The first-order valence-corrected chi connectivity index (χ1v) is 3.91. The van der Waals surface area contributed by atoms with Gasteiger partial charge in [-0.1, -0.05) is 12.1 Å². The van der Waals surface area contributed by atoms with E-state index in [-0.39, 0.29) is 22.0 Å². The van der Waals surface area contributed by atoms with E-state index in [1.165, 1.54) is 18.2 Å². The maximum Gasteiger partial charge on any atom is 0.506 e. The summed E-state index contributed by atoms with van der Waals surface area (Å²) in [7, 11) is 0. The molecule has 0 saturated heterocycles. The molecular weight excluding hydrogens is 207 g/mol. The van der Waals surface area contributed by atoms with E-state index < -0.39 is 6.30 Å². The van der Waals surface area contributed by atoms with Crippen molar-refractivity contribution in [1.29, 1.82) is 5.26 Å². The van der Waals surface area contributed by atoms with E-state index in [4.69, 9.17) is 5.26 Å². The summed E-state index contributed by atoms with van der Waals surface area (Å²) in [6.45, 7) is 0. The highest BCUT2D eigenvalue weighted by atomic mass is 19.4. The Bertz CT molecular complexity index is 470. The first kappa shape index (κ1) is 9.52. The molecule has 0 spiro atoms. The lowest BCUT2D eigenvalue weighted by atomic mass is 10.1. The number of alkyl halides is 3. The van der Waals surface area contributed by atoms with Crippen molar-refractivity contribution in [3.8, 4) is 6.07 Å². The third-order valence-corrected chi connectivity index (χ3v) is 1.80. The van der Waals surface area contributed by atoms with Crippen LogP contribution in [-0.2, 0) is 0 Å². The third-order valence-electron chi connectivity index (χ3n) is 1.80. The fourth-order valence-electron chi connectivity index (χ4n) is 1.13. The molecule has 0 unspecified atom stereocenters. The average molecular weight is 210 g/mol. The predicted molar refractivity (Wildman–Crippen MR) is 44.4 cm³/mol. The summed E-state index contributed by atoms with van der Waals surface area (Å²) in [5, 5.41) is 11.7. The van der Waals surface area contributed by atoms with Crippen LogP contribution < -0.4 is 0 Å². The molecule has 0 saturated carbocycles. The predicted octanol–water partition coefficient (Wildman–Crippen LogP) is 1.86. The number of rotatable bonds is 1. The maximum atomic E-state index is 12.1. The number of nitrogens with zero attached hydrogens (tertiary/aromatic N) is 3. The van der Waals surface area contributed by atoms with Gasteiger partial charge in [0.25, 0.3) is 0 Å². The zero-order valence-corrected chi connectivity index (χ0v) is 7.21. The van der Waals surface area contributed by atoms with Crippen LogP contribution in [0.3, 0.4) is 0 Å². The van der Waals surface area contributed by atoms with Crippen LogP contribution in [-0.4, -0.2) is 17.1 Å². The number of halogens is 3. The molecule has 0 aliphatic carbocycles. The van der Waals surface area contributed by atoms with Gasteiger partial charge in [-0.3, -0.25) is 0 Å². The van der Waals surface area contributed by atoms with E-state index >= 15 is 0 Å². The molecule has 3 nitrogen and oxygen atoms in total. The van der Waals surface area contributed by atoms with Crippen LogP contribution in [0.2, 0.25) is 0 Å². The molecule has 6 heteroatoms. The van der Waals surface area contributed by atoms with E-state index in [1.807, 2.05) is 0 Å². The lowest BCUT2D eigenvalue weighted by Crippen LogP contribution is -2.25. The van der Waals surface area contributed by atoms with Gasteiger partial charge in [0.05, 0.1) is 5.56 Å². The number of hydrogen-bond donors (Lipinski definition) is 0. The van der Waals surface area contributed by atoms with Crippen molar-refractivity contribution in [3.05, 3.63) is 35.4 Å². The zero-order chi connectivity index (χ0) is 11.1. The molecular formula is C9H3F3N3. The molecule has 1 heterocycles. The summed E-state index contributed by atoms with van der Waals surface area (Å²) >= 11 is 0. The normalized spacial score (nSPS) is 14.5. The Hall–Kier alpha value is -2.03. The second kappa shape index (κ2) is 2.98. The molecule has 0 fully saturated rings. The molecule has 0 bridgehead atoms. The zero-order valence-electron chi connectivity index (χ0n) is 7.21. The molecule has 75 valence electrons. The summed E-state index contributed by atoms with van der Waals surface area (Å²) in [4.78, 5) is 0. The third kappa shape index (κ3) is 1.64. The van der Waals surface area contributed by atoms with Crippen LogP contribution in [0.5, 0.6) is 0 Å². The molecule has 0 atom stereocenters. The SMILES string of the molecule is N#Cc1[c]cccc1C1=NN1C(F)(F)F. The van der Waals surface area contributed by atoms with Crippen molar-refractivity contribution in [1.82, 2.24) is 5.01 Å². The first-order valence-electron chi connectivity index (χ1n) is 3.91. The van der Waals surface area contributed by atoms with Crippen molar-refractivity contribution in [2.24, 2.45) is 5.10 Å². The summed E-state index contributed by atoms with van der Waals surface area (Å²) in [6, 6.07) is 8.67. The van der Waals surface area contributed by atoms with E-state index in [0.717, 1.165) is 0 Å². The number of nitriles is 1. The fraction of sp³-hybridized carbons (Fsp3) is 0.111. The number of amidine groups is 1. The monoisotopic (exact) mass is 210 g/mol. The minimum Gasteiger partial charge on any atom is -0.192 e. The fourth-order valence-corrected chi connectivity index (χ4v) is 1.13. The van der Waals surface area contributed by atoms with Crippen molar-refractivity contribution in [2.45, 2.75) is 6.30 Å². The standard InChI is InChI=1S/C9H3F3N3/c10-9(11,12)15-8(14-15)7-4-2-1-3-6(7)5-13/h1-2,4H. The Morgan fingerprint density at radius 3 is 2.73 bits per heavy atom. The van der Waals surface area contributed by atoms with Crippen molar-refractivity contribution in [2.75, 3.05) is 0 Å². The molecule has 0 N–H and O–H groups in total. The Labute approximate surface area is 83.0 Å². The van der Waals surface area contributed by atoms with Crippen LogP contribution in [0.1, 0.15) is 11.1 Å². The highest BCUT2D eigenvalue weighted by Crippen LogP contribution is 2.33. The van der Waals surface area contributed by atoms with Gasteiger partial charge >= 0.3 is 6.30 Å². The van der Waals surface area contributed by atoms with E-state index in [1.54, 1.807) is 6.07 Å². The highest BCUT2D eigenvalue weighted by molar-refractivity contribution is 6.07. The molecule has 1 aliphatic rings. The number of hydrogen-bond acceptors (Lipinski definition) is 3. The minimum absolute atomic E-state index is 0.0583. The van der Waals surface area contributed by atoms with Crippen LogP contribution >= 0.6 is 0 Å². The average Bonchev–Trinajstić information content (AvgIpc) is 2.96. The molecule has 1 aromatic carbocycles. The first-order chi connectivity index (χ1) is 7.04. The van der Waals surface area contributed by atoms with E-state index in [2.05, 4.69) is 11.2 Å². The molecule has 0 amide bonds. The number of benzene rings is 1. The van der Waals surface area contributed by atoms with Gasteiger partial charge < -0.3 is 0 Å².